The van der Waals surface area contributed by atoms with Crippen LogP contribution in [0.4, 0.5) is 0 Å². The van der Waals surface area contributed by atoms with Gasteiger partial charge in [0, 0.05) is 25.0 Å². The fourth-order valence-corrected chi connectivity index (χ4v) is 1.43. The first-order chi connectivity index (χ1) is 11.5. The van der Waals surface area contributed by atoms with Gasteiger partial charge in [-0.2, -0.15) is 0 Å². The largest absolute Gasteiger partial charge is 0.433 e. The van der Waals surface area contributed by atoms with Crippen LogP contribution in [-0.2, 0) is 28.5 Å². The van der Waals surface area contributed by atoms with Crippen LogP contribution < -0.4 is 0 Å². The number of rotatable bonds is 13. The van der Waals surface area contributed by atoms with Gasteiger partial charge < -0.3 is 29.2 Å². The maximum atomic E-state index is 11.0. The van der Waals surface area contributed by atoms with Crippen molar-refractivity contribution in [1.29, 1.82) is 0 Å². The summed E-state index contributed by atoms with van der Waals surface area (Å²) < 4.78 is 19.7. The number of carbonyl (C=O) groups excluding carboxylic acids is 2. The predicted octanol–water partition coefficient (Wildman–Crippen LogP) is 0.675. The third kappa shape index (κ3) is 13.9. The van der Waals surface area contributed by atoms with E-state index in [2.05, 4.69) is 9.47 Å². The van der Waals surface area contributed by atoms with Crippen LogP contribution in [0.15, 0.2) is 24.3 Å². The number of allylic oxidation sites excluding steroid dienone is 2. The Balaban J connectivity index is 3.48. The molecule has 2 N–H and O–H groups in total. The highest BCUT2D eigenvalue weighted by atomic mass is 16.6. The maximum Gasteiger partial charge on any atom is 0.332 e. The molecule has 8 nitrogen and oxygen atoms in total. The monoisotopic (exact) mass is 346 g/mol. The minimum absolute atomic E-state index is 0.156. The molecule has 0 heterocycles. The Morgan fingerprint density at radius 1 is 0.792 bits per heavy atom. The molecular weight excluding hydrogens is 320 g/mol. The maximum absolute atomic E-state index is 11.0. The normalized spacial score (nSPS) is 14.0. The minimum Gasteiger partial charge on any atom is -0.433 e. The van der Waals surface area contributed by atoms with E-state index in [1.807, 2.05) is 0 Å². The van der Waals surface area contributed by atoms with Gasteiger partial charge in [0.15, 0.2) is 0 Å². The molecule has 0 saturated carbocycles. The molecule has 0 aliphatic rings. The van der Waals surface area contributed by atoms with E-state index in [-0.39, 0.29) is 39.3 Å². The second-order valence-corrected chi connectivity index (χ2v) is 4.59. The topological polar surface area (TPSA) is 112 Å². The molecule has 0 radical (unpaired) electrons. The van der Waals surface area contributed by atoms with Crippen molar-refractivity contribution in [2.75, 3.05) is 26.4 Å². The molecule has 0 bridgehead atoms. The number of aliphatic hydroxyl groups is 2. The van der Waals surface area contributed by atoms with E-state index in [9.17, 15) is 19.8 Å². The van der Waals surface area contributed by atoms with Crippen LogP contribution in [0, 0.1) is 0 Å². The van der Waals surface area contributed by atoms with Gasteiger partial charge in [-0.15, -0.1) is 0 Å². The summed E-state index contributed by atoms with van der Waals surface area (Å²) in [6.07, 6.45) is 3.34. The summed E-state index contributed by atoms with van der Waals surface area (Å²) >= 11 is 0. The Hall–Kier alpha value is -1.74. The van der Waals surface area contributed by atoms with Gasteiger partial charge >= 0.3 is 11.9 Å². The lowest BCUT2D eigenvalue weighted by molar-refractivity contribution is -0.166. The van der Waals surface area contributed by atoms with Crippen molar-refractivity contribution in [2.45, 2.75) is 39.3 Å². The third-order valence-electron chi connectivity index (χ3n) is 2.50. The van der Waals surface area contributed by atoms with Gasteiger partial charge in [-0.05, 0) is 13.8 Å². The van der Waals surface area contributed by atoms with Crippen LogP contribution >= 0.6 is 0 Å². The predicted molar refractivity (Wildman–Crippen MR) is 84.7 cm³/mol. The minimum atomic E-state index is -1.21. The fourth-order valence-electron chi connectivity index (χ4n) is 1.43. The van der Waals surface area contributed by atoms with Crippen LogP contribution in [0.25, 0.3) is 0 Å². The molecule has 138 valence electrons. The molecule has 0 aromatic carbocycles. The van der Waals surface area contributed by atoms with Gasteiger partial charge in [-0.25, -0.2) is 9.59 Å². The number of hydrogen-bond donors (Lipinski definition) is 2. The van der Waals surface area contributed by atoms with Gasteiger partial charge in [-0.1, -0.05) is 12.2 Å². The summed E-state index contributed by atoms with van der Waals surface area (Å²) in [5.41, 5.74) is 0. The Labute approximate surface area is 141 Å². The van der Waals surface area contributed by atoms with Crippen molar-refractivity contribution in [3.05, 3.63) is 24.3 Å². The molecule has 0 saturated heterocycles. The summed E-state index contributed by atoms with van der Waals surface area (Å²) in [7, 11) is 0. The number of ether oxygens (including phenoxy) is 4. The van der Waals surface area contributed by atoms with Gasteiger partial charge in [0.05, 0.1) is 26.4 Å². The quantitative estimate of drug-likeness (QED) is 0.217. The van der Waals surface area contributed by atoms with Crippen LogP contribution in [-0.4, -0.2) is 61.2 Å². The van der Waals surface area contributed by atoms with Gasteiger partial charge in [0.1, 0.15) is 0 Å². The lowest BCUT2D eigenvalue weighted by atomic mass is 10.4. The van der Waals surface area contributed by atoms with Crippen molar-refractivity contribution in [3.63, 3.8) is 0 Å². The standard InChI is InChI=1S/C16H26O8/c1-3-5-13(17)23-15(19)7-9-21-11-12-22-10-8-16(20)24-14(18)6-4-2/h3-6,15-16,19-20H,7-12H2,1-2H3. The molecule has 0 aromatic rings. The van der Waals surface area contributed by atoms with E-state index >= 15 is 0 Å². The lowest BCUT2D eigenvalue weighted by Gasteiger charge is -2.12. The molecule has 2 unspecified atom stereocenters. The first-order valence-corrected chi connectivity index (χ1v) is 7.67. The number of carbonyl (C=O) groups is 2. The number of aliphatic hydroxyl groups excluding tert-OH is 2. The van der Waals surface area contributed by atoms with Crippen molar-refractivity contribution < 1.29 is 38.7 Å². The molecule has 24 heavy (non-hydrogen) atoms. The third-order valence-corrected chi connectivity index (χ3v) is 2.50. The molecule has 8 heteroatoms. The number of esters is 2. The average molecular weight is 346 g/mol. The molecule has 0 fully saturated rings. The molecule has 0 aliphatic carbocycles. The SMILES string of the molecule is CC=CC(=O)OC(O)CCOCCOCCC(O)OC(=O)C=CC. The highest BCUT2D eigenvalue weighted by molar-refractivity contribution is 5.82. The second kappa shape index (κ2) is 14.8. The Kier molecular flexibility index (Phi) is 13.8. The van der Waals surface area contributed by atoms with Crippen LogP contribution in [0.3, 0.4) is 0 Å². The Morgan fingerprint density at radius 3 is 1.50 bits per heavy atom. The van der Waals surface area contributed by atoms with E-state index < -0.39 is 24.5 Å². The van der Waals surface area contributed by atoms with Gasteiger partial charge in [0.25, 0.3) is 0 Å². The second-order valence-electron chi connectivity index (χ2n) is 4.59. The Morgan fingerprint density at radius 2 is 1.17 bits per heavy atom. The zero-order valence-corrected chi connectivity index (χ0v) is 14.1. The molecule has 0 amide bonds. The molecule has 0 aliphatic heterocycles. The molecule has 0 rings (SSSR count). The fraction of sp³-hybridized carbons (Fsp3) is 0.625. The van der Waals surface area contributed by atoms with Crippen molar-refractivity contribution >= 4 is 11.9 Å². The zero-order valence-electron chi connectivity index (χ0n) is 14.1. The zero-order chi connectivity index (χ0) is 18.2. The smallest absolute Gasteiger partial charge is 0.332 e. The summed E-state index contributed by atoms with van der Waals surface area (Å²) in [4.78, 5) is 22.1. The first-order valence-electron chi connectivity index (χ1n) is 7.67. The van der Waals surface area contributed by atoms with Crippen LogP contribution in [0.2, 0.25) is 0 Å². The van der Waals surface area contributed by atoms with E-state index in [0.29, 0.717) is 0 Å². The summed E-state index contributed by atoms with van der Waals surface area (Å²) in [5, 5.41) is 18.8. The number of hydrogen-bond acceptors (Lipinski definition) is 8. The van der Waals surface area contributed by atoms with E-state index in [0.717, 1.165) is 0 Å². The summed E-state index contributed by atoms with van der Waals surface area (Å²) in [6.45, 7) is 4.31. The van der Waals surface area contributed by atoms with Gasteiger partial charge in [0.2, 0.25) is 12.6 Å². The molecule has 0 spiro atoms. The van der Waals surface area contributed by atoms with Crippen LogP contribution in [0.1, 0.15) is 26.7 Å². The lowest BCUT2D eigenvalue weighted by Crippen LogP contribution is -2.20. The van der Waals surface area contributed by atoms with Gasteiger partial charge in [-0.3, -0.25) is 0 Å². The van der Waals surface area contributed by atoms with Crippen molar-refractivity contribution in [2.24, 2.45) is 0 Å². The Bertz CT molecular complexity index is 367. The average Bonchev–Trinajstić information content (AvgIpc) is 2.50. The molecule has 0 aromatic heterocycles. The highest BCUT2D eigenvalue weighted by Crippen LogP contribution is 1.98. The van der Waals surface area contributed by atoms with Crippen molar-refractivity contribution in [3.8, 4) is 0 Å². The van der Waals surface area contributed by atoms with Crippen LogP contribution in [0.5, 0.6) is 0 Å². The van der Waals surface area contributed by atoms with E-state index in [1.54, 1.807) is 13.8 Å². The summed E-state index contributed by atoms with van der Waals surface area (Å²) in [6, 6.07) is 0. The first kappa shape index (κ1) is 22.3. The highest BCUT2D eigenvalue weighted by Gasteiger charge is 2.09. The van der Waals surface area contributed by atoms with E-state index in [4.69, 9.17) is 9.47 Å². The van der Waals surface area contributed by atoms with E-state index in [1.165, 1.54) is 24.3 Å². The molecular formula is C16H26O8. The summed E-state index contributed by atoms with van der Waals surface area (Å²) in [5.74, 6) is -1.22. The van der Waals surface area contributed by atoms with Crippen molar-refractivity contribution in [1.82, 2.24) is 0 Å². The molecule has 2 atom stereocenters.